The molecule has 0 unspecified atom stereocenters. The smallest absolute Gasteiger partial charge is 0.244 e. The van der Waals surface area contributed by atoms with E-state index < -0.39 is 16.1 Å². The molecule has 1 atom stereocenters. The van der Waals surface area contributed by atoms with Gasteiger partial charge >= 0.3 is 0 Å². The second-order valence-corrected chi connectivity index (χ2v) is 8.05. The van der Waals surface area contributed by atoms with Gasteiger partial charge in [-0.1, -0.05) is 6.07 Å². The van der Waals surface area contributed by atoms with Gasteiger partial charge in [0.05, 0.1) is 12.0 Å². The Labute approximate surface area is 136 Å². The lowest BCUT2D eigenvalue weighted by atomic mass is 10.2. The molecule has 0 bridgehead atoms. The van der Waals surface area contributed by atoms with Crippen LogP contribution in [-0.2, 0) is 14.8 Å². The summed E-state index contributed by atoms with van der Waals surface area (Å²) in [6.07, 6.45) is 3.24. The van der Waals surface area contributed by atoms with Gasteiger partial charge in [-0.2, -0.15) is 4.31 Å². The van der Waals surface area contributed by atoms with Gasteiger partial charge in [0, 0.05) is 18.7 Å². The van der Waals surface area contributed by atoms with Crippen molar-refractivity contribution in [1.29, 1.82) is 0 Å². The number of hydrogen-bond donors (Lipinski definition) is 1. The van der Waals surface area contributed by atoms with Crippen molar-refractivity contribution in [3.8, 4) is 5.75 Å². The fourth-order valence-electron chi connectivity index (χ4n) is 2.93. The van der Waals surface area contributed by atoms with Crippen LogP contribution in [0.1, 0.15) is 31.2 Å². The van der Waals surface area contributed by atoms with Crippen LogP contribution in [0.2, 0.25) is 0 Å². The second-order valence-electron chi connectivity index (χ2n) is 6.19. The van der Waals surface area contributed by atoms with Crippen LogP contribution in [0.15, 0.2) is 23.1 Å². The average Bonchev–Trinajstić information content (AvgIpc) is 3.18. The summed E-state index contributed by atoms with van der Waals surface area (Å²) >= 11 is 0. The third kappa shape index (κ3) is 3.21. The van der Waals surface area contributed by atoms with E-state index in [4.69, 9.17) is 4.74 Å². The highest BCUT2D eigenvalue weighted by Crippen LogP contribution is 2.30. The van der Waals surface area contributed by atoms with Gasteiger partial charge in [-0.05, 0) is 44.2 Å². The zero-order valence-electron chi connectivity index (χ0n) is 13.4. The molecule has 1 heterocycles. The van der Waals surface area contributed by atoms with Gasteiger partial charge in [-0.15, -0.1) is 0 Å². The van der Waals surface area contributed by atoms with Crippen molar-refractivity contribution in [2.45, 2.75) is 49.6 Å². The summed E-state index contributed by atoms with van der Waals surface area (Å²) in [4.78, 5) is 12.6. The van der Waals surface area contributed by atoms with Crippen molar-refractivity contribution in [3.05, 3.63) is 23.8 Å². The Balaban J connectivity index is 1.90. The highest BCUT2D eigenvalue weighted by molar-refractivity contribution is 7.89. The van der Waals surface area contributed by atoms with E-state index in [9.17, 15) is 13.2 Å². The number of methoxy groups -OCH3 is 1. The topological polar surface area (TPSA) is 75.7 Å². The molecule has 0 radical (unpaired) electrons. The molecular formula is C16H22N2O4S. The van der Waals surface area contributed by atoms with Crippen LogP contribution in [0.3, 0.4) is 0 Å². The van der Waals surface area contributed by atoms with E-state index in [0.717, 1.165) is 12.8 Å². The van der Waals surface area contributed by atoms with Crippen LogP contribution in [0.5, 0.6) is 5.75 Å². The summed E-state index contributed by atoms with van der Waals surface area (Å²) in [5.41, 5.74) is 0.652. The number of carbonyl (C=O) groups is 1. The molecule has 3 rings (SSSR count). The number of nitrogens with one attached hydrogen (secondary N) is 1. The Kier molecular flexibility index (Phi) is 4.33. The van der Waals surface area contributed by atoms with E-state index in [0.29, 0.717) is 30.7 Å². The zero-order valence-corrected chi connectivity index (χ0v) is 14.2. The van der Waals surface area contributed by atoms with Crippen LogP contribution in [0.25, 0.3) is 0 Å². The summed E-state index contributed by atoms with van der Waals surface area (Å²) in [5.74, 6) is 0.321. The molecular weight excluding hydrogens is 316 g/mol. The molecule has 1 saturated carbocycles. The van der Waals surface area contributed by atoms with Crippen LogP contribution in [-0.4, -0.2) is 44.4 Å². The Morgan fingerprint density at radius 1 is 1.30 bits per heavy atom. The van der Waals surface area contributed by atoms with Crippen molar-refractivity contribution in [3.63, 3.8) is 0 Å². The van der Waals surface area contributed by atoms with Gasteiger partial charge in [-0.25, -0.2) is 8.42 Å². The van der Waals surface area contributed by atoms with Crippen LogP contribution >= 0.6 is 0 Å². The average molecular weight is 338 g/mol. The SMILES string of the molecule is COc1ccc(C)c(S(=O)(=O)N2CCC[C@@H]2C(=O)NC2CC2)c1. The molecule has 1 saturated heterocycles. The number of nitrogens with zero attached hydrogens (tertiary/aromatic N) is 1. The van der Waals surface area contributed by atoms with Gasteiger partial charge in [0.2, 0.25) is 15.9 Å². The lowest BCUT2D eigenvalue weighted by Crippen LogP contribution is -2.46. The standard InChI is InChI=1S/C16H22N2O4S/c1-11-5-8-13(22-2)10-15(11)23(20,21)18-9-3-4-14(18)16(19)17-12-6-7-12/h5,8,10,12,14H,3-4,6-7,9H2,1-2H3,(H,17,19)/t14-/m1/s1. The molecule has 0 aromatic heterocycles. The minimum absolute atomic E-state index is 0.172. The maximum Gasteiger partial charge on any atom is 0.244 e. The first-order chi connectivity index (χ1) is 10.9. The van der Waals surface area contributed by atoms with Crippen molar-refractivity contribution < 1.29 is 17.9 Å². The lowest BCUT2D eigenvalue weighted by Gasteiger charge is -2.24. The Hall–Kier alpha value is -1.60. The Bertz CT molecular complexity index is 713. The zero-order chi connectivity index (χ0) is 16.6. The quantitative estimate of drug-likeness (QED) is 0.881. The van der Waals surface area contributed by atoms with Crippen molar-refractivity contribution >= 4 is 15.9 Å². The first kappa shape index (κ1) is 16.3. The Morgan fingerprint density at radius 3 is 2.70 bits per heavy atom. The van der Waals surface area contributed by atoms with Gasteiger partial charge < -0.3 is 10.1 Å². The molecule has 1 aromatic carbocycles. The summed E-state index contributed by atoms with van der Waals surface area (Å²) in [5, 5.41) is 2.92. The van der Waals surface area contributed by atoms with Crippen molar-refractivity contribution in [2.75, 3.05) is 13.7 Å². The summed E-state index contributed by atoms with van der Waals surface area (Å²) in [6.45, 7) is 2.13. The van der Waals surface area contributed by atoms with E-state index in [1.54, 1.807) is 19.1 Å². The number of sulfonamides is 1. The van der Waals surface area contributed by atoms with E-state index >= 15 is 0 Å². The first-order valence-corrected chi connectivity index (χ1v) is 9.34. The van der Waals surface area contributed by atoms with Crippen LogP contribution in [0, 0.1) is 6.92 Å². The molecule has 6 nitrogen and oxygen atoms in total. The molecule has 23 heavy (non-hydrogen) atoms. The number of benzene rings is 1. The summed E-state index contributed by atoms with van der Waals surface area (Å²) < 4.78 is 32.5. The third-order valence-electron chi connectivity index (χ3n) is 4.41. The van der Waals surface area contributed by atoms with Crippen LogP contribution in [0.4, 0.5) is 0 Å². The van der Waals surface area contributed by atoms with Gasteiger partial charge in [0.15, 0.2) is 0 Å². The molecule has 2 aliphatic rings. The lowest BCUT2D eigenvalue weighted by molar-refractivity contribution is -0.124. The molecule has 2 fully saturated rings. The number of hydrogen-bond acceptors (Lipinski definition) is 4. The normalized spacial score (nSPS) is 22.1. The molecule has 1 N–H and O–H groups in total. The molecule has 1 aromatic rings. The first-order valence-electron chi connectivity index (χ1n) is 7.90. The van der Waals surface area contributed by atoms with Crippen molar-refractivity contribution in [2.24, 2.45) is 0 Å². The summed E-state index contributed by atoms with van der Waals surface area (Å²) in [6, 6.07) is 4.60. The van der Waals surface area contributed by atoms with E-state index in [1.807, 2.05) is 0 Å². The number of rotatable bonds is 5. The maximum atomic E-state index is 13.0. The van der Waals surface area contributed by atoms with E-state index in [2.05, 4.69) is 5.32 Å². The fraction of sp³-hybridized carbons (Fsp3) is 0.562. The van der Waals surface area contributed by atoms with Gasteiger partial charge in [0.1, 0.15) is 11.8 Å². The molecule has 0 spiro atoms. The molecule has 1 aliphatic heterocycles. The highest BCUT2D eigenvalue weighted by Gasteiger charge is 2.41. The number of aryl methyl sites for hydroxylation is 1. The van der Waals surface area contributed by atoms with E-state index in [1.165, 1.54) is 17.5 Å². The monoisotopic (exact) mass is 338 g/mol. The highest BCUT2D eigenvalue weighted by atomic mass is 32.2. The Morgan fingerprint density at radius 2 is 2.04 bits per heavy atom. The molecule has 7 heteroatoms. The van der Waals surface area contributed by atoms with E-state index in [-0.39, 0.29) is 16.8 Å². The number of amides is 1. The fourth-order valence-corrected chi connectivity index (χ4v) is 4.82. The minimum Gasteiger partial charge on any atom is -0.497 e. The molecule has 126 valence electrons. The minimum atomic E-state index is -3.72. The predicted molar refractivity (Wildman–Crippen MR) is 85.8 cm³/mol. The third-order valence-corrected chi connectivity index (χ3v) is 6.46. The van der Waals surface area contributed by atoms with Gasteiger partial charge in [-0.3, -0.25) is 4.79 Å². The van der Waals surface area contributed by atoms with Gasteiger partial charge in [0.25, 0.3) is 0 Å². The van der Waals surface area contributed by atoms with Crippen molar-refractivity contribution in [1.82, 2.24) is 9.62 Å². The largest absolute Gasteiger partial charge is 0.497 e. The molecule has 1 amide bonds. The summed E-state index contributed by atoms with van der Waals surface area (Å²) in [7, 11) is -2.22. The van der Waals surface area contributed by atoms with Crippen LogP contribution < -0.4 is 10.1 Å². The second kappa shape index (κ2) is 6.13. The maximum absolute atomic E-state index is 13.0. The number of carbonyl (C=O) groups excluding carboxylic acids is 1. The predicted octanol–water partition coefficient (Wildman–Crippen LogP) is 1.44. The number of ether oxygens (including phenoxy) is 1. The molecule has 1 aliphatic carbocycles.